The summed E-state index contributed by atoms with van der Waals surface area (Å²) in [6.07, 6.45) is 2.60. The van der Waals surface area contributed by atoms with Gasteiger partial charge >= 0.3 is 0 Å². The van der Waals surface area contributed by atoms with Gasteiger partial charge in [-0.25, -0.2) is 0 Å². The Morgan fingerprint density at radius 3 is 2.31 bits per heavy atom. The van der Waals surface area contributed by atoms with Gasteiger partial charge in [0.15, 0.2) is 0 Å². The highest BCUT2D eigenvalue weighted by Gasteiger charge is 2.36. The lowest BCUT2D eigenvalue weighted by molar-refractivity contribution is 0.0120. The number of hydroxylamine groups is 1. The van der Waals surface area contributed by atoms with Crippen LogP contribution in [0.1, 0.15) is 52.2 Å². The predicted octanol–water partition coefficient (Wildman–Crippen LogP) is 5.86. The lowest BCUT2D eigenvalue weighted by Crippen LogP contribution is -2.50. The van der Waals surface area contributed by atoms with E-state index in [4.69, 9.17) is 11.6 Å². The van der Waals surface area contributed by atoms with Gasteiger partial charge in [-0.3, -0.25) is 4.79 Å². The van der Waals surface area contributed by atoms with E-state index in [2.05, 4.69) is 34.6 Å². The van der Waals surface area contributed by atoms with Crippen molar-refractivity contribution in [2.24, 2.45) is 0 Å². The number of piperidine rings is 1. The van der Waals surface area contributed by atoms with Crippen LogP contribution >= 0.6 is 11.6 Å². The van der Waals surface area contributed by atoms with Crippen LogP contribution in [0.4, 0.5) is 0 Å². The fraction of sp³-hybridized carbons (Fsp3) is 0.367. The molecule has 1 atom stereocenters. The summed E-state index contributed by atoms with van der Waals surface area (Å²) in [6.45, 7) is 5.38. The van der Waals surface area contributed by atoms with Gasteiger partial charge in [-0.2, -0.15) is 5.48 Å². The molecular weight excluding hydrogens is 470 g/mol. The smallest absolute Gasteiger partial charge is 0.253 e. The van der Waals surface area contributed by atoms with Crippen LogP contribution in [-0.4, -0.2) is 54.1 Å². The summed E-state index contributed by atoms with van der Waals surface area (Å²) in [5.41, 5.74) is 6.32. The summed E-state index contributed by atoms with van der Waals surface area (Å²) < 4.78 is 0. The van der Waals surface area contributed by atoms with Crippen molar-refractivity contribution in [2.45, 2.75) is 37.6 Å². The topological polar surface area (TPSA) is 55.8 Å². The third-order valence-electron chi connectivity index (χ3n) is 7.56. The summed E-state index contributed by atoms with van der Waals surface area (Å²) in [7, 11) is 1.88. The Labute approximate surface area is 219 Å². The van der Waals surface area contributed by atoms with Gasteiger partial charge < -0.3 is 15.0 Å². The maximum absolute atomic E-state index is 13.0. The number of hydrogen-bond acceptors (Lipinski definition) is 4. The third kappa shape index (κ3) is 6.16. The zero-order chi connectivity index (χ0) is 25.5. The van der Waals surface area contributed by atoms with E-state index in [9.17, 15) is 10.0 Å². The number of nitrogens with zero attached hydrogens (tertiary/aromatic N) is 2. The number of amides is 1. The Bertz CT molecular complexity index is 1130. The molecule has 3 aromatic carbocycles. The minimum atomic E-state index is -0.396. The number of halogens is 1. The highest BCUT2D eigenvalue weighted by Crippen LogP contribution is 2.33. The number of likely N-dealkylation sites (tertiary alicyclic amines) is 1. The Kier molecular flexibility index (Phi) is 8.81. The van der Waals surface area contributed by atoms with Gasteiger partial charge in [0, 0.05) is 43.2 Å². The van der Waals surface area contributed by atoms with Crippen LogP contribution in [0.15, 0.2) is 78.9 Å². The lowest BCUT2D eigenvalue weighted by Gasteiger charge is -2.41. The number of aryl methyl sites for hydroxylation is 1. The molecule has 190 valence electrons. The van der Waals surface area contributed by atoms with E-state index in [1.807, 2.05) is 73.5 Å². The third-order valence-corrected chi connectivity index (χ3v) is 7.98. The van der Waals surface area contributed by atoms with Crippen molar-refractivity contribution in [2.75, 3.05) is 33.2 Å². The van der Waals surface area contributed by atoms with Gasteiger partial charge in [-0.15, -0.1) is 0 Å². The van der Waals surface area contributed by atoms with Crippen molar-refractivity contribution in [3.05, 3.63) is 106 Å². The molecule has 2 N–H and O–H groups in total. The maximum Gasteiger partial charge on any atom is 0.253 e. The van der Waals surface area contributed by atoms with E-state index in [1.165, 1.54) is 5.56 Å². The second kappa shape index (κ2) is 12.0. The monoisotopic (exact) mass is 505 g/mol. The molecule has 1 fully saturated rings. The molecule has 0 radical (unpaired) electrons. The first-order valence-electron chi connectivity index (χ1n) is 12.7. The average molecular weight is 506 g/mol. The number of likely N-dealkylation sites (N-methyl/N-ethyl adjacent to an activating group) is 1. The van der Waals surface area contributed by atoms with Crippen LogP contribution in [0.2, 0.25) is 5.02 Å². The second-order valence-corrected chi connectivity index (χ2v) is 10.4. The minimum absolute atomic E-state index is 0.0333. The first-order chi connectivity index (χ1) is 17.4. The standard InChI is InChI=1S/C30H36ClN3O2/c1-23-21-25(13-14-28(23)31)26(22-33(2)29(35)24-9-5-3-6-10-24)15-18-34-19-16-30(32-36,17-20-34)27-11-7-4-8-12-27/h3-14,21,26,32,36H,15-20,22H2,1-2H3. The first-order valence-corrected chi connectivity index (χ1v) is 13.1. The van der Waals surface area contributed by atoms with Crippen LogP contribution in [0.25, 0.3) is 0 Å². The fourth-order valence-corrected chi connectivity index (χ4v) is 5.34. The summed E-state index contributed by atoms with van der Waals surface area (Å²) in [6, 6.07) is 25.9. The molecule has 4 rings (SSSR count). The molecule has 0 bridgehead atoms. The highest BCUT2D eigenvalue weighted by atomic mass is 35.5. The molecule has 0 saturated carbocycles. The fourth-order valence-electron chi connectivity index (χ4n) is 5.22. The van der Waals surface area contributed by atoms with Crippen LogP contribution < -0.4 is 5.48 Å². The van der Waals surface area contributed by atoms with Crippen molar-refractivity contribution in [1.82, 2.24) is 15.3 Å². The molecule has 0 aliphatic carbocycles. The van der Waals surface area contributed by atoms with E-state index < -0.39 is 5.54 Å². The van der Waals surface area contributed by atoms with Gasteiger partial charge in [0.25, 0.3) is 5.91 Å². The number of carbonyl (C=O) groups excluding carboxylic acids is 1. The van der Waals surface area contributed by atoms with E-state index in [1.54, 1.807) is 0 Å². The zero-order valence-corrected chi connectivity index (χ0v) is 21.9. The van der Waals surface area contributed by atoms with E-state index in [-0.39, 0.29) is 11.8 Å². The molecule has 1 heterocycles. The van der Waals surface area contributed by atoms with Crippen molar-refractivity contribution < 1.29 is 10.0 Å². The number of nitrogens with one attached hydrogen (secondary N) is 1. The minimum Gasteiger partial charge on any atom is -0.341 e. The second-order valence-electron chi connectivity index (χ2n) is 9.95. The Morgan fingerprint density at radius 1 is 1.06 bits per heavy atom. The van der Waals surface area contributed by atoms with E-state index in [0.29, 0.717) is 12.1 Å². The number of rotatable bonds is 9. The molecule has 1 saturated heterocycles. The Hall–Kier alpha value is -2.70. The van der Waals surface area contributed by atoms with Crippen molar-refractivity contribution in [3.63, 3.8) is 0 Å². The van der Waals surface area contributed by atoms with Crippen LogP contribution in [-0.2, 0) is 5.54 Å². The molecule has 1 amide bonds. The van der Waals surface area contributed by atoms with Gasteiger partial charge in [-0.05, 0) is 67.6 Å². The van der Waals surface area contributed by atoms with Crippen molar-refractivity contribution in [1.29, 1.82) is 0 Å². The first kappa shape index (κ1) is 26.4. The Morgan fingerprint density at radius 2 is 1.69 bits per heavy atom. The average Bonchev–Trinajstić information content (AvgIpc) is 2.93. The predicted molar refractivity (Wildman–Crippen MR) is 146 cm³/mol. The molecule has 0 spiro atoms. The van der Waals surface area contributed by atoms with Crippen molar-refractivity contribution >= 4 is 17.5 Å². The molecule has 0 aromatic heterocycles. The number of benzene rings is 3. The molecule has 1 unspecified atom stereocenters. The number of hydrogen-bond donors (Lipinski definition) is 2. The van der Waals surface area contributed by atoms with Crippen LogP contribution in [0.5, 0.6) is 0 Å². The summed E-state index contributed by atoms with van der Waals surface area (Å²) in [5.74, 6) is 0.223. The Balaban J connectivity index is 1.43. The molecule has 6 heteroatoms. The lowest BCUT2D eigenvalue weighted by atomic mass is 9.81. The molecule has 5 nitrogen and oxygen atoms in total. The summed E-state index contributed by atoms with van der Waals surface area (Å²) >= 11 is 6.31. The molecular formula is C30H36ClN3O2. The summed E-state index contributed by atoms with van der Waals surface area (Å²) in [5, 5.41) is 10.8. The van der Waals surface area contributed by atoms with Gasteiger partial charge in [0.2, 0.25) is 0 Å². The zero-order valence-electron chi connectivity index (χ0n) is 21.2. The SMILES string of the molecule is Cc1cc(C(CCN2CCC(NO)(c3ccccc3)CC2)CN(C)C(=O)c2ccccc2)ccc1Cl. The molecule has 1 aliphatic heterocycles. The van der Waals surface area contributed by atoms with E-state index in [0.717, 1.165) is 55.0 Å². The van der Waals surface area contributed by atoms with E-state index >= 15 is 0 Å². The molecule has 1 aliphatic rings. The molecule has 3 aromatic rings. The van der Waals surface area contributed by atoms with Crippen molar-refractivity contribution in [3.8, 4) is 0 Å². The maximum atomic E-state index is 13.0. The summed E-state index contributed by atoms with van der Waals surface area (Å²) in [4.78, 5) is 17.3. The van der Waals surface area contributed by atoms with Gasteiger partial charge in [-0.1, -0.05) is 72.3 Å². The van der Waals surface area contributed by atoms with Crippen LogP contribution in [0.3, 0.4) is 0 Å². The largest absolute Gasteiger partial charge is 0.341 e. The van der Waals surface area contributed by atoms with Crippen LogP contribution in [0, 0.1) is 6.92 Å². The number of carbonyl (C=O) groups is 1. The molecule has 36 heavy (non-hydrogen) atoms. The normalized spacial score (nSPS) is 16.4. The van der Waals surface area contributed by atoms with Gasteiger partial charge in [0.05, 0.1) is 5.54 Å². The highest BCUT2D eigenvalue weighted by molar-refractivity contribution is 6.31. The quantitative estimate of drug-likeness (QED) is 0.357. The van der Waals surface area contributed by atoms with Gasteiger partial charge in [0.1, 0.15) is 0 Å².